The number of ether oxygens (including phenoxy) is 2. The van der Waals surface area contributed by atoms with Crippen LogP contribution in [0.4, 0.5) is 0 Å². The van der Waals surface area contributed by atoms with Crippen molar-refractivity contribution in [2.75, 3.05) is 33.4 Å². The Morgan fingerprint density at radius 2 is 2.03 bits per heavy atom. The zero-order valence-corrected chi connectivity index (χ0v) is 20.1. The van der Waals surface area contributed by atoms with E-state index in [-0.39, 0.29) is 11.4 Å². The maximum atomic E-state index is 13.0. The number of fused-ring (bicyclic) bond motifs is 5. The number of carbonyl (C=O) groups excluding carboxylic acids is 1. The van der Waals surface area contributed by atoms with Gasteiger partial charge in [0, 0.05) is 60.2 Å². The number of hydrogen-bond acceptors (Lipinski definition) is 5. The zero-order valence-electron chi connectivity index (χ0n) is 20.1. The summed E-state index contributed by atoms with van der Waals surface area (Å²) in [7, 11) is 1.73. The number of carbonyl (C=O) groups is 1. The minimum atomic E-state index is 0.00371. The van der Waals surface area contributed by atoms with Crippen LogP contribution >= 0.6 is 0 Å². The van der Waals surface area contributed by atoms with Gasteiger partial charge in [-0.25, -0.2) is 0 Å². The number of hydrogen-bond donors (Lipinski definition) is 2. The molecule has 4 heterocycles. The molecule has 1 aromatic carbocycles. The Balaban J connectivity index is 1.26. The van der Waals surface area contributed by atoms with Gasteiger partial charge in [0.05, 0.1) is 37.3 Å². The molecule has 3 aromatic rings. The predicted octanol–water partition coefficient (Wildman–Crippen LogP) is 3.50. The number of nitrogens with zero attached hydrogens (tertiary/aromatic N) is 2. The molecule has 7 heteroatoms. The third-order valence-corrected chi connectivity index (χ3v) is 8.13. The van der Waals surface area contributed by atoms with Gasteiger partial charge >= 0.3 is 0 Å². The Bertz CT molecular complexity index is 1330. The largest absolute Gasteiger partial charge is 0.496 e. The molecule has 4 aliphatic rings. The van der Waals surface area contributed by atoms with E-state index in [1.807, 2.05) is 12.3 Å². The van der Waals surface area contributed by atoms with Crippen molar-refractivity contribution in [3.63, 3.8) is 0 Å². The monoisotopic (exact) mass is 470 g/mol. The normalized spacial score (nSPS) is 20.1. The number of H-pyrrole nitrogens is 1. The molecule has 0 radical (unpaired) electrons. The van der Waals surface area contributed by atoms with Crippen LogP contribution in [0.5, 0.6) is 5.75 Å². The summed E-state index contributed by atoms with van der Waals surface area (Å²) in [5.74, 6) is 0.999. The summed E-state index contributed by atoms with van der Waals surface area (Å²) in [5, 5.41) is 3.28. The molecule has 0 bridgehead atoms. The first kappa shape index (κ1) is 21.1. The molecule has 1 saturated heterocycles. The van der Waals surface area contributed by atoms with Gasteiger partial charge in [0.15, 0.2) is 0 Å². The second kappa shape index (κ2) is 7.93. The fourth-order valence-electron chi connectivity index (χ4n) is 6.02. The van der Waals surface area contributed by atoms with E-state index in [1.165, 1.54) is 16.7 Å². The average Bonchev–Trinajstić information content (AvgIpc) is 3.50. The van der Waals surface area contributed by atoms with E-state index in [2.05, 4.69) is 33.4 Å². The first-order valence-corrected chi connectivity index (χ1v) is 12.7. The van der Waals surface area contributed by atoms with Gasteiger partial charge in [-0.2, -0.15) is 0 Å². The maximum Gasteiger partial charge on any atom is 0.253 e. The van der Waals surface area contributed by atoms with E-state index >= 15 is 0 Å². The van der Waals surface area contributed by atoms with Gasteiger partial charge < -0.3 is 19.8 Å². The van der Waals surface area contributed by atoms with Gasteiger partial charge in [-0.1, -0.05) is 0 Å². The molecule has 2 fully saturated rings. The molecule has 1 saturated carbocycles. The quantitative estimate of drug-likeness (QED) is 0.610. The van der Waals surface area contributed by atoms with E-state index in [0.717, 1.165) is 104 Å². The van der Waals surface area contributed by atoms with E-state index in [0.29, 0.717) is 0 Å². The minimum absolute atomic E-state index is 0.00371. The van der Waals surface area contributed by atoms with Crippen molar-refractivity contribution in [2.45, 2.75) is 44.2 Å². The van der Waals surface area contributed by atoms with E-state index in [1.54, 1.807) is 7.11 Å². The first-order chi connectivity index (χ1) is 17.1. The number of rotatable bonds is 4. The molecule has 1 spiro atoms. The number of aromatic nitrogens is 2. The third kappa shape index (κ3) is 3.56. The number of morpholine rings is 1. The number of amides is 1. The fourth-order valence-corrected chi connectivity index (χ4v) is 6.02. The lowest BCUT2D eigenvalue weighted by Gasteiger charge is -2.27. The average molecular weight is 471 g/mol. The zero-order chi connectivity index (χ0) is 23.6. The van der Waals surface area contributed by atoms with Crippen LogP contribution in [0.15, 0.2) is 30.5 Å². The molecule has 0 unspecified atom stereocenters. The van der Waals surface area contributed by atoms with Crippen molar-refractivity contribution in [1.29, 1.82) is 0 Å². The lowest BCUT2D eigenvalue weighted by Crippen LogP contribution is -2.43. The van der Waals surface area contributed by atoms with Crippen LogP contribution in [0.2, 0.25) is 0 Å². The van der Waals surface area contributed by atoms with Gasteiger partial charge in [-0.05, 0) is 61.1 Å². The number of aryl methyl sites for hydroxylation is 1. The third-order valence-electron chi connectivity index (χ3n) is 8.13. The number of nitrogens with one attached hydrogen (secondary N) is 2. The van der Waals surface area contributed by atoms with Gasteiger partial charge in [-0.15, -0.1) is 0 Å². The predicted molar refractivity (Wildman–Crippen MR) is 133 cm³/mol. The molecular weight excluding hydrogens is 440 g/mol. The Morgan fingerprint density at radius 3 is 2.83 bits per heavy atom. The molecular formula is C28H30N4O3. The van der Waals surface area contributed by atoms with Crippen LogP contribution < -0.4 is 10.1 Å². The fraction of sp³-hybridized carbons (Fsp3) is 0.429. The van der Waals surface area contributed by atoms with Crippen molar-refractivity contribution < 1.29 is 14.3 Å². The number of benzene rings is 1. The Morgan fingerprint density at radius 1 is 1.17 bits per heavy atom. The molecule has 2 N–H and O–H groups in total. The summed E-state index contributed by atoms with van der Waals surface area (Å²) < 4.78 is 11.2. The van der Waals surface area contributed by atoms with Crippen molar-refractivity contribution in [1.82, 2.24) is 20.2 Å². The molecule has 7 nitrogen and oxygen atoms in total. The molecule has 7 rings (SSSR count). The second-order valence-corrected chi connectivity index (χ2v) is 10.4. The highest BCUT2D eigenvalue weighted by Gasteiger charge is 2.49. The topological polar surface area (TPSA) is 79.5 Å². The molecule has 2 aliphatic carbocycles. The summed E-state index contributed by atoms with van der Waals surface area (Å²) >= 11 is 0. The molecule has 2 aromatic heterocycles. The summed E-state index contributed by atoms with van der Waals surface area (Å²) in [4.78, 5) is 23.9. The highest BCUT2D eigenvalue weighted by Crippen LogP contribution is 2.45. The van der Waals surface area contributed by atoms with Crippen LogP contribution in [-0.2, 0) is 30.5 Å². The smallest absolute Gasteiger partial charge is 0.253 e. The Hall–Kier alpha value is -3.16. The number of pyridine rings is 1. The molecule has 1 amide bonds. The molecule has 2 aliphatic heterocycles. The van der Waals surface area contributed by atoms with Crippen molar-refractivity contribution in [3.8, 4) is 28.3 Å². The molecule has 180 valence electrons. The summed E-state index contributed by atoms with van der Waals surface area (Å²) in [6.45, 7) is 4.24. The summed E-state index contributed by atoms with van der Waals surface area (Å²) in [6.07, 6.45) is 6.87. The van der Waals surface area contributed by atoms with E-state index in [9.17, 15) is 4.79 Å². The minimum Gasteiger partial charge on any atom is -0.496 e. The Kier molecular flexibility index (Phi) is 4.79. The van der Waals surface area contributed by atoms with Gasteiger partial charge in [0.25, 0.3) is 5.91 Å². The highest BCUT2D eigenvalue weighted by molar-refractivity contribution is 6.01. The number of methoxy groups -OCH3 is 1. The van der Waals surface area contributed by atoms with Gasteiger partial charge in [0.2, 0.25) is 0 Å². The van der Waals surface area contributed by atoms with Crippen LogP contribution in [0.3, 0.4) is 0 Å². The second-order valence-electron chi connectivity index (χ2n) is 10.4. The van der Waals surface area contributed by atoms with Gasteiger partial charge in [0.1, 0.15) is 5.75 Å². The standard InChI is InChI=1S/C28H30N4O3/c1-34-24-5-3-17(12-19(24)16-32-8-10-35-11-9-32)22-13-21-18(15-29-22)2-4-20-25-23(30-26(20)21)14-28(6-7-28)31-27(25)33/h3,5,12-13,15,30H,2,4,6-11,14,16H2,1H3,(H,31,33). The van der Waals surface area contributed by atoms with Crippen molar-refractivity contribution >= 4 is 5.91 Å². The summed E-state index contributed by atoms with van der Waals surface area (Å²) in [5.41, 5.74) is 9.87. The highest BCUT2D eigenvalue weighted by atomic mass is 16.5. The van der Waals surface area contributed by atoms with E-state index < -0.39 is 0 Å². The lowest BCUT2D eigenvalue weighted by atomic mass is 9.87. The lowest BCUT2D eigenvalue weighted by molar-refractivity contribution is 0.0339. The molecule has 35 heavy (non-hydrogen) atoms. The van der Waals surface area contributed by atoms with Crippen molar-refractivity contribution in [3.05, 3.63) is 58.4 Å². The SMILES string of the molecule is COc1ccc(-c2cc3c(cn2)CCc2c-3[nH]c3c2C(=O)NC2(CC2)C3)cc1CN1CCOCC1. The van der Waals surface area contributed by atoms with Crippen LogP contribution in [0, 0.1) is 0 Å². The van der Waals surface area contributed by atoms with Crippen LogP contribution in [0.25, 0.3) is 22.5 Å². The van der Waals surface area contributed by atoms with Crippen molar-refractivity contribution in [2.24, 2.45) is 0 Å². The van der Waals surface area contributed by atoms with Crippen LogP contribution in [0.1, 0.15) is 45.6 Å². The first-order valence-electron chi connectivity index (χ1n) is 12.7. The van der Waals surface area contributed by atoms with E-state index in [4.69, 9.17) is 14.5 Å². The maximum absolute atomic E-state index is 13.0. The Labute approximate surface area is 204 Å². The summed E-state index contributed by atoms with van der Waals surface area (Å²) in [6, 6.07) is 8.53. The van der Waals surface area contributed by atoms with Crippen LogP contribution in [-0.4, -0.2) is 59.7 Å². The number of aromatic amines is 1. The molecule has 0 atom stereocenters. The van der Waals surface area contributed by atoms with Gasteiger partial charge in [-0.3, -0.25) is 14.7 Å².